The lowest BCUT2D eigenvalue weighted by molar-refractivity contribution is -0.141. The topological polar surface area (TPSA) is 110 Å². The van der Waals surface area contributed by atoms with E-state index < -0.39 is 21.8 Å². The highest BCUT2D eigenvalue weighted by Crippen LogP contribution is 2.16. The first-order valence-electron chi connectivity index (χ1n) is 10.2. The first-order valence-corrected chi connectivity index (χ1v) is 11.7. The molecule has 0 spiro atoms. The molecule has 0 aliphatic rings. The Morgan fingerprint density at radius 2 is 1.65 bits per heavy atom. The van der Waals surface area contributed by atoms with Gasteiger partial charge < -0.3 is 10.6 Å². The molecule has 0 saturated carbocycles. The van der Waals surface area contributed by atoms with Crippen molar-refractivity contribution in [1.82, 2.24) is 9.62 Å². The molecule has 1 unspecified atom stereocenters. The molecule has 0 aromatic heterocycles. The zero-order valence-electron chi connectivity index (χ0n) is 17.8. The van der Waals surface area contributed by atoms with Gasteiger partial charge in [0, 0.05) is 18.8 Å². The third-order valence-electron chi connectivity index (χ3n) is 4.87. The maximum atomic E-state index is 12.9. The molecule has 2 aromatic rings. The molecule has 7 nitrogen and oxygen atoms in total. The van der Waals surface area contributed by atoms with Crippen LogP contribution >= 0.6 is 0 Å². The molecule has 0 heterocycles. The molecular weight excluding hydrogens is 414 g/mol. The van der Waals surface area contributed by atoms with E-state index in [4.69, 9.17) is 5.73 Å². The second kappa shape index (κ2) is 11.3. The minimum absolute atomic E-state index is 0.184. The number of nitrogens with one attached hydrogen (secondary N) is 1. The van der Waals surface area contributed by atoms with Gasteiger partial charge in [-0.3, -0.25) is 9.59 Å². The Hall–Kier alpha value is -3.13. The Kier molecular flexibility index (Phi) is 8.81. The third kappa shape index (κ3) is 7.57. The van der Waals surface area contributed by atoms with Gasteiger partial charge in [0.05, 0.1) is 5.41 Å². The van der Waals surface area contributed by atoms with E-state index in [-0.39, 0.29) is 12.3 Å². The van der Waals surface area contributed by atoms with E-state index in [1.165, 1.54) is 11.0 Å². The third-order valence-corrected chi connectivity index (χ3v) is 5.85. The summed E-state index contributed by atoms with van der Waals surface area (Å²) < 4.78 is 26.8. The van der Waals surface area contributed by atoms with E-state index in [1.807, 2.05) is 36.8 Å². The van der Waals surface area contributed by atoms with Gasteiger partial charge >= 0.3 is 0 Å². The highest BCUT2D eigenvalue weighted by molar-refractivity contribution is 7.93. The molecule has 2 amide bonds. The molecule has 31 heavy (non-hydrogen) atoms. The first kappa shape index (κ1) is 24.1. The number of carbonyl (C=O) groups excluding carboxylic acids is 2. The van der Waals surface area contributed by atoms with Gasteiger partial charge in [-0.2, -0.15) is 0 Å². The van der Waals surface area contributed by atoms with Crippen molar-refractivity contribution in [3.05, 3.63) is 71.1 Å². The summed E-state index contributed by atoms with van der Waals surface area (Å²) >= 11 is 0. The van der Waals surface area contributed by atoms with Gasteiger partial charge in [0.15, 0.2) is 0 Å². The zero-order chi connectivity index (χ0) is 22.9. The zero-order valence-corrected chi connectivity index (χ0v) is 18.6. The predicted molar refractivity (Wildman–Crippen MR) is 123 cm³/mol. The molecule has 8 heteroatoms. The van der Waals surface area contributed by atoms with Crippen molar-refractivity contribution in [2.24, 2.45) is 5.92 Å². The standard InChI is InChI=1S/C23H29N3O4S/c1-3-26(4-2)23(28)21(15-12-19-10-13-20(24)14-11-19)22(27)25-31(29,30)17-16-18-8-6-5-7-9-18/h5-11,13-14,16-17,21H,3-4,12,15,24H2,1-2H3,(H,25,27). The first-order chi connectivity index (χ1) is 14.8. The van der Waals surface area contributed by atoms with E-state index in [0.29, 0.717) is 30.8 Å². The van der Waals surface area contributed by atoms with Crippen LogP contribution < -0.4 is 10.5 Å². The SMILES string of the molecule is CCN(CC)C(=O)C(CCc1ccc(N)cc1)C(=O)NS(=O)(=O)C=Cc1ccccc1. The molecule has 0 aliphatic heterocycles. The minimum atomic E-state index is -4.05. The summed E-state index contributed by atoms with van der Waals surface area (Å²) in [6.45, 7) is 4.49. The Labute approximate surface area is 184 Å². The highest BCUT2D eigenvalue weighted by Gasteiger charge is 2.31. The summed E-state index contributed by atoms with van der Waals surface area (Å²) in [4.78, 5) is 27.3. The van der Waals surface area contributed by atoms with Crippen LogP contribution in [0, 0.1) is 5.92 Å². The maximum absolute atomic E-state index is 12.9. The van der Waals surface area contributed by atoms with Crippen molar-refractivity contribution in [2.75, 3.05) is 18.8 Å². The van der Waals surface area contributed by atoms with Crippen LogP contribution in [-0.4, -0.2) is 38.2 Å². The van der Waals surface area contributed by atoms with Crippen LogP contribution in [0.25, 0.3) is 6.08 Å². The number of hydrogen-bond acceptors (Lipinski definition) is 5. The summed E-state index contributed by atoms with van der Waals surface area (Å²) in [5, 5.41) is 0.930. The lowest BCUT2D eigenvalue weighted by Gasteiger charge is -2.24. The van der Waals surface area contributed by atoms with E-state index in [2.05, 4.69) is 0 Å². The molecule has 1 atom stereocenters. The van der Waals surface area contributed by atoms with Crippen LogP contribution in [0.1, 0.15) is 31.4 Å². The average Bonchev–Trinajstić information content (AvgIpc) is 2.75. The fourth-order valence-electron chi connectivity index (χ4n) is 3.10. The normalized spacial score (nSPS) is 12.5. The van der Waals surface area contributed by atoms with Gasteiger partial charge in [0.2, 0.25) is 11.8 Å². The number of sulfonamides is 1. The number of nitrogens with two attached hydrogens (primary N) is 1. The molecule has 166 valence electrons. The van der Waals surface area contributed by atoms with Gasteiger partial charge in [-0.15, -0.1) is 0 Å². The van der Waals surface area contributed by atoms with Gasteiger partial charge in [-0.25, -0.2) is 13.1 Å². The van der Waals surface area contributed by atoms with Gasteiger partial charge in [0.1, 0.15) is 5.92 Å². The van der Waals surface area contributed by atoms with E-state index in [1.54, 1.807) is 36.4 Å². The van der Waals surface area contributed by atoms with Gasteiger partial charge in [-0.05, 0) is 56.0 Å². The summed E-state index contributed by atoms with van der Waals surface area (Å²) in [5.74, 6) is -2.33. The molecule has 0 fully saturated rings. The predicted octanol–water partition coefficient (Wildman–Crippen LogP) is 2.80. The van der Waals surface area contributed by atoms with Crippen LogP contribution in [0.2, 0.25) is 0 Å². The fraction of sp³-hybridized carbons (Fsp3) is 0.304. The summed E-state index contributed by atoms with van der Waals surface area (Å²) in [5.41, 5.74) is 7.90. The lowest BCUT2D eigenvalue weighted by atomic mass is 9.97. The van der Waals surface area contributed by atoms with Crippen molar-refractivity contribution >= 4 is 33.6 Å². The Morgan fingerprint density at radius 3 is 2.23 bits per heavy atom. The number of benzene rings is 2. The Bertz CT molecular complexity index is 999. The van der Waals surface area contributed by atoms with Crippen molar-refractivity contribution in [1.29, 1.82) is 0 Å². The molecule has 0 saturated heterocycles. The quantitative estimate of drug-likeness (QED) is 0.433. The number of nitrogen functional groups attached to an aromatic ring is 1. The van der Waals surface area contributed by atoms with Crippen LogP contribution in [0.5, 0.6) is 0 Å². The van der Waals surface area contributed by atoms with Crippen molar-refractivity contribution in [3.8, 4) is 0 Å². The largest absolute Gasteiger partial charge is 0.399 e. The molecule has 2 rings (SSSR count). The monoisotopic (exact) mass is 443 g/mol. The van der Waals surface area contributed by atoms with Gasteiger partial charge in [-0.1, -0.05) is 42.5 Å². The van der Waals surface area contributed by atoms with Crippen molar-refractivity contribution in [2.45, 2.75) is 26.7 Å². The molecule has 0 aliphatic carbocycles. The summed E-state index contributed by atoms with van der Waals surface area (Å²) in [6.07, 6.45) is 2.01. The molecule has 3 N–H and O–H groups in total. The van der Waals surface area contributed by atoms with Crippen molar-refractivity contribution in [3.63, 3.8) is 0 Å². The Balaban J connectivity index is 2.16. The van der Waals surface area contributed by atoms with Crippen molar-refractivity contribution < 1.29 is 18.0 Å². The van der Waals surface area contributed by atoms with Crippen LogP contribution in [0.3, 0.4) is 0 Å². The van der Waals surface area contributed by atoms with E-state index in [9.17, 15) is 18.0 Å². The van der Waals surface area contributed by atoms with E-state index in [0.717, 1.165) is 11.0 Å². The van der Waals surface area contributed by atoms with Crippen LogP contribution in [-0.2, 0) is 26.0 Å². The number of anilines is 1. The summed E-state index contributed by atoms with van der Waals surface area (Å²) in [6, 6.07) is 16.0. The number of hydrogen-bond donors (Lipinski definition) is 2. The molecule has 0 bridgehead atoms. The second-order valence-corrected chi connectivity index (χ2v) is 8.63. The maximum Gasteiger partial charge on any atom is 0.257 e. The minimum Gasteiger partial charge on any atom is -0.399 e. The van der Waals surface area contributed by atoms with E-state index >= 15 is 0 Å². The number of aryl methyl sites for hydroxylation is 1. The van der Waals surface area contributed by atoms with Gasteiger partial charge in [0.25, 0.3) is 10.0 Å². The van der Waals surface area contributed by atoms with Crippen LogP contribution in [0.4, 0.5) is 5.69 Å². The Morgan fingerprint density at radius 1 is 1.03 bits per heavy atom. The highest BCUT2D eigenvalue weighted by atomic mass is 32.2. The lowest BCUT2D eigenvalue weighted by Crippen LogP contribution is -2.45. The molecule has 2 aromatic carbocycles. The average molecular weight is 444 g/mol. The van der Waals surface area contributed by atoms with Crippen LogP contribution in [0.15, 0.2) is 60.0 Å². The number of amides is 2. The number of carbonyl (C=O) groups is 2. The smallest absolute Gasteiger partial charge is 0.257 e. The molecule has 0 radical (unpaired) electrons. The summed E-state index contributed by atoms with van der Waals surface area (Å²) in [7, 11) is -4.05. The number of nitrogens with zero attached hydrogens (tertiary/aromatic N) is 1. The fourth-order valence-corrected chi connectivity index (χ4v) is 3.92. The second-order valence-electron chi connectivity index (χ2n) is 7.07. The number of rotatable bonds is 10. The molecular formula is C23H29N3O4S.